The average Bonchev–Trinajstić information content (AvgIpc) is 2.80. The molecule has 0 atom stereocenters. The van der Waals surface area contributed by atoms with E-state index in [1.54, 1.807) is 11.8 Å². The molecule has 0 aliphatic rings. The number of anilines is 1. The monoisotopic (exact) mass is 307 g/mol. The van der Waals surface area contributed by atoms with Gasteiger partial charge in [-0.2, -0.15) is 4.98 Å². The van der Waals surface area contributed by atoms with E-state index in [0.29, 0.717) is 11.2 Å². The molecule has 2 aromatic heterocycles. The van der Waals surface area contributed by atoms with E-state index in [9.17, 15) is 4.79 Å². The highest BCUT2D eigenvalue weighted by Gasteiger charge is 2.15. The molecule has 0 aliphatic carbocycles. The topological polar surface area (TPSA) is 89.6 Å². The van der Waals surface area contributed by atoms with Crippen LogP contribution in [0.3, 0.4) is 0 Å². The Bertz CT molecular complexity index is 676. The summed E-state index contributed by atoms with van der Waals surface area (Å²) in [4.78, 5) is 23.1. The fourth-order valence-electron chi connectivity index (χ4n) is 2.15. The van der Waals surface area contributed by atoms with Crippen LogP contribution in [0.4, 0.5) is 5.95 Å². The SMILES string of the molecule is C=CCSc1nc2c(=O)[nH]c(N)nc2n1CCCCCC. The van der Waals surface area contributed by atoms with E-state index < -0.39 is 0 Å². The lowest BCUT2D eigenvalue weighted by Crippen LogP contribution is -2.12. The molecule has 7 heteroatoms. The molecule has 0 aliphatic heterocycles. The number of aryl methyl sites for hydroxylation is 1. The van der Waals surface area contributed by atoms with Crippen molar-refractivity contribution in [2.75, 3.05) is 11.5 Å². The second-order valence-electron chi connectivity index (χ2n) is 4.83. The van der Waals surface area contributed by atoms with Crippen molar-refractivity contribution in [1.29, 1.82) is 0 Å². The molecular formula is C14H21N5OS. The predicted octanol–water partition coefficient (Wildman–Crippen LogP) is 2.56. The molecule has 0 aromatic carbocycles. The van der Waals surface area contributed by atoms with Gasteiger partial charge in [-0.25, -0.2) is 4.98 Å². The summed E-state index contributed by atoms with van der Waals surface area (Å²) in [5.41, 5.74) is 6.28. The third-order valence-corrected chi connectivity index (χ3v) is 4.13. The Labute approximate surface area is 127 Å². The number of thioether (sulfide) groups is 1. The van der Waals surface area contributed by atoms with Crippen LogP contribution in [0, 0.1) is 0 Å². The number of fused-ring (bicyclic) bond motifs is 1. The van der Waals surface area contributed by atoms with Crippen LogP contribution < -0.4 is 11.3 Å². The van der Waals surface area contributed by atoms with Gasteiger partial charge in [0.15, 0.2) is 16.3 Å². The van der Waals surface area contributed by atoms with Crippen LogP contribution in [-0.2, 0) is 6.54 Å². The molecule has 0 spiro atoms. The zero-order valence-corrected chi connectivity index (χ0v) is 13.1. The largest absolute Gasteiger partial charge is 0.369 e. The van der Waals surface area contributed by atoms with E-state index in [1.807, 2.05) is 10.6 Å². The Morgan fingerprint density at radius 1 is 1.38 bits per heavy atom. The van der Waals surface area contributed by atoms with Gasteiger partial charge in [-0.3, -0.25) is 9.78 Å². The van der Waals surface area contributed by atoms with Gasteiger partial charge in [-0.15, -0.1) is 6.58 Å². The standard InChI is InChI=1S/C14H21N5OS/c1-3-5-6-7-8-19-11-10(12(20)18-13(15)17-11)16-14(19)21-9-4-2/h4H,2-3,5-9H2,1H3,(H3,15,17,18,20). The summed E-state index contributed by atoms with van der Waals surface area (Å²) in [5.74, 6) is 0.869. The number of nitrogens with zero attached hydrogens (tertiary/aromatic N) is 3. The van der Waals surface area contributed by atoms with E-state index in [1.165, 1.54) is 12.8 Å². The molecule has 114 valence electrons. The Kier molecular flexibility index (Phi) is 5.44. The Balaban J connectivity index is 2.36. The van der Waals surface area contributed by atoms with Crippen molar-refractivity contribution in [3.05, 3.63) is 23.0 Å². The van der Waals surface area contributed by atoms with E-state index in [2.05, 4.69) is 28.5 Å². The fraction of sp³-hybridized carbons (Fsp3) is 0.500. The van der Waals surface area contributed by atoms with Gasteiger partial charge in [0.25, 0.3) is 5.56 Å². The smallest absolute Gasteiger partial charge is 0.280 e. The highest BCUT2D eigenvalue weighted by molar-refractivity contribution is 7.99. The van der Waals surface area contributed by atoms with Gasteiger partial charge in [0.05, 0.1) is 0 Å². The molecule has 2 rings (SSSR count). The minimum absolute atomic E-state index is 0.127. The van der Waals surface area contributed by atoms with Crippen molar-refractivity contribution < 1.29 is 0 Å². The molecule has 0 amide bonds. The lowest BCUT2D eigenvalue weighted by atomic mass is 10.2. The molecule has 0 unspecified atom stereocenters. The number of aromatic nitrogens is 4. The van der Waals surface area contributed by atoms with Crippen LogP contribution in [-0.4, -0.2) is 25.3 Å². The highest BCUT2D eigenvalue weighted by Crippen LogP contribution is 2.22. The van der Waals surface area contributed by atoms with Crippen LogP contribution >= 0.6 is 11.8 Å². The first-order valence-electron chi connectivity index (χ1n) is 7.17. The molecule has 0 saturated heterocycles. The molecule has 0 bridgehead atoms. The third kappa shape index (κ3) is 3.66. The van der Waals surface area contributed by atoms with Gasteiger partial charge in [-0.1, -0.05) is 44.0 Å². The van der Waals surface area contributed by atoms with Crippen LogP contribution in [0.2, 0.25) is 0 Å². The van der Waals surface area contributed by atoms with Gasteiger partial charge >= 0.3 is 0 Å². The Morgan fingerprint density at radius 3 is 2.90 bits per heavy atom. The predicted molar refractivity (Wildman–Crippen MR) is 87.6 cm³/mol. The molecule has 0 fully saturated rings. The van der Waals surface area contributed by atoms with Crippen LogP contribution in [0.5, 0.6) is 0 Å². The fourth-order valence-corrected chi connectivity index (χ4v) is 2.91. The number of hydrogen-bond acceptors (Lipinski definition) is 5. The number of nitrogen functional groups attached to an aromatic ring is 1. The van der Waals surface area contributed by atoms with Crippen molar-refractivity contribution in [2.45, 2.75) is 44.3 Å². The second-order valence-corrected chi connectivity index (χ2v) is 5.82. The quantitative estimate of drug-likeness (QED) is 0.444. The second kappa shape index (κ2) is 7.31. The van der Waals surface area contributed by atoms with Gasteiger partial charge in [-0.05, 0) is 6.42 Å². The van der Waals surface area contributed by atoms with Crippen molar-refractivity contribution in [3.63, 3.8) is 0 Å². The average molecular weight is 307 g/mol. The lowest BCUT2D eigenvalue weighted by molar-refractivity contribution is 0.561. The van der Waals surface area contributed by atoms with Gasteiger partial charge in [0, 0.05) is 12.3 Å². The van der Waals surface area contributed by atoms with E-state index in [4.69, 9.17) is 5.73 Å². The van der Waals surface area contributed by atoms with E-state index in [-0.39, 0.29) is 11.5 Å². The molecule has 3 N–H and O–H groups in total. The number of nitrogens with two attached hydrogens (primary N) is 1. The number of unbranched alkanes of at least 4 members (excludes halogenated alkanes) is 3. The molecule has 6 nitrogen and oxygen atoms in total. The minimum Gasteiger partial charge on any atom is -0.369 e. The van der Waals surface area contributed by atoms with E-state index >= 15 is 0 Å². The summed E-state index contributed by atoms with van der Waals surface area (Å²) in [6.07, 6.45) is 6.40. The first-order valence-corrected chi connectivity index (χ1v) is 8.15. The molecule has 2 heterocycles. The van der Waals surface area contributed by atoms with Crippen molar-refractivity contribution >= 4 is 28.9 Å². The minimum atomic E-state index is -0.287. The van der Waals surface area contributed by atoms with Crippen LogP contribution in [0.15, 0.2) is 22.6 Å². The molecule has 2 aromatic rings. The van der Waals surface area contributed by atoms with Gasteiger partial charge in [0.2, 0.25) is 5.95 Å². The molecular weight excluding hydrogens is 286 g/mol. The molecule has 21 heavy (non-hydrogen) atoms. The normalized spacial score (nSPS) is 11.1. The van der Waals surface area contributed by atoms with Gasteiger partial charge in [0.1, 0.15) is 0 Å². The lowest BCUT2D eigenvalue weighted by Gasteiger charge is -2.07. The first kappa shape index (κ1) is 15.6. The van der Waals surface area contributed by atoms with Crippen LogP contribution in [0.1, 0.15) is 32.6 Å². The van der Waals surface area contributed by atoms with Crippen molar-refractivity contribution in [2.24, 2.45) is 0 Å². The summed E-state index contributed by atoms with van der Waals surface area (Å²) < 4.78 is 1.99. The Morgan fingerprint density at radius 2 is 2.19 bits per heavy atom. The zero-order valence-electron chi connectivity index (χ0n) is 12.3. The number of aromatic amines is 1. The number of H-pyrrole nitrogens is 1. The summed E-state index contributed by atoms with van der Waals surface area (Å²) in [6, 6.07) is 0. The Hall–Kier alpha value is -1.76. The maximum Gasteiger partial charge on any atom is 0.280 e. The van der Waals surface area contributed by atoms with Crippen molar-refractivity contribution in [3.8, 4) is 0 Å². The molecule has 0 saturated carbocycles. The number of hydrogen-bond donors (Lipinski definition) is 2. The maximum atomic E-state index is 11.9. The summed E-state index contributed by atoms with van der Waals surface area (Å²) in [5, 5.41) is 0.796. The summed E-state index contributed by atoms with van der Waals surface area (Å²) in [7, 11) is 0. The number of rotatable bonds is 8. The number of nitrogens with one attached hydrogen (secondary N) is 1. The summed E-state index contributed by atoms with van der Waals surface area (Å²) >= 11 is 1.55. The van der Waals surface area contributed by atoms with Crippen LogP contribution in [0.25, 0.3) is 11.2 Å². The number of imidazole rings is 1. The zero-order chi connectivity index (χ0) is 15.2. The highest BCUT2D eigenvalue weighted by atomic mass is 32.2. The maximum absolute atomic E-state index is 11.9. The van der Waals surface area contributed by atoms with Crippen molar-refractivity contribution in [1.82, 2.24) is 19.5 Å². The summed E-state index contributed by atoms with van der Waals surface area (Å²) in [6.45, 7) is 6.69. The van der Waals surface area contributed by atoms with E-state index in [0.717, 1.165) is 30.3 Å². The molecule has 0 radical (unpaired) electrons. The van der Waals surface area contributed by atoms with Gasteiger partial charge < -0.3 is 10.3 Å². The first-order chi connectivity index (χ1) is 10.2. The third-order valence-electron chi connectivity index (χ3n) is 3.15.